The molecule has 8 heteroatoms. The van der Waals surface area contributed by atoms with Crippen LogP contribution in [0.5, 0.6) is 0 Å². The van der Waals surface area contributed by atoms with Gasteiger partial charge < -0.3 is 10.2 Å². The van der Waals surface area contributed by atoms with E-state index in [0.717, 1.165) is 23.1 Å². The van der Waals surface area contributed by atoms with Crippen molar-refractivity contribution in [2.24, 2.45) is 5.92 Å². The van der Waals surface area contributed by atoms with Gasteiger partial charge in [-0.15, -0.1) is 0 Å². The summed E-state index contributed by atoms with van der Waals surface area (Å²) in [5.41, 5.74) is 3.97. The van der Waals surface area contributed by atoms with Crippen molar-refractivity contribution in [3.05, 3.63) is 52.6 Å². The van der Waals surface area contributed by atoms with Crippen LogP contribution in [0.3, 0.4) is 0 Å². The zero-order valence-corrected chi connectivity index (χ0v) is 25.8. The number of sulfonamides is 1. The lowest BCUT2D eigenvalue weighted by Crippen LogP contribution is -2.37. The Morgan fingerprint density at radius 1 is 0.974 bits per heavy atom. The molecule has 1 aliphatic heterocycles. The second kappa shape index (κ2) is 12.8. The largest absolute Gasteiger partial charge is 0.352 e. The van der Waals surface area contributed by atoms with Crippen molar-refractivity contribution in [1.29, 1.82) is 0 Å². The van der Waals surface area contributed by atoms with Gasteiger partial charge in [-0.1, -0.05) is 78.8 Å². The van der Waals surface area contributed by atoms with E-state index in [2.05, 4.69) is 32.2 Å². The van der Waals surface area contributed by atoms with Crippen LogP contribution in [0.1, 0.15) is 109 Å². The van der Waals surface area contributed by atoms with Crippen molar-refractivity contribution in [3.8, 4) is 0 Å². The standard InChI is InChI=1S/C31H47N3O4S/c1-20(2)26-15-27(21(3)4)31(28(16-26)22(5)6)39(37,38)34-19-33(18-24(34)8)30(36)14-13-29(35)32-17-25-12-10-9-11-23(25)7/h9-10,12,15-16,20-24H,11,13-14,17-19H2,1-8H3,(H,32,35). The summed E-state index contributed by atoms with van der Waals surface area (Å²) in [6.45, 7) is 17.1. The normalized spacial score (nSPS) is 20.3. The van der Waals surface area contributed by atoms with Gasteiger partial charge in [0.1, 0.15) is 0 Å². The first-order chi connectivity index (χ1) is 18.2. The lowest BCUT2D eigenvalue weighted by molar-refractivity contribution is -0.133. The smallest absolute Gasteiger partial charge is 0.245 e. The minimum absolute atomic E-state index is 0.00168. The van der Waals surface area contributed by atoms with Crippen LogP contribution < -0.4 is 5.32 Å². The lowest BCUT2D eigenvalue weighted by atomic mass is 9.89. The highest BCUT2D eigenvalue weighted by Gasteiger charge is 2.41. The van der Waals surface area contributed by atoms with Crippen molar-refractivity contribution in [3.63, 3.8) is 0 Å². The molecular formula is C31H47N3O4S. The van der Waals surface area contributed by atoms with Crippen LogP contribution in [0.4, 0.5) is 0 Å². The van der Waals surface area contributed by atoms with Crippen LogP contribution in [0.15, 0.2) is 40.8 Å². The van der Waals surface area contributed by atoms with Gasteiger partial charge in [0.15, 0.2) is 0 Å². The number of carbonyl (C=O) groups is 2. The van der Waals surface area contributed by atoms with E-state index in [1.807, 2.05) is 58.9 Å². The van der Waals surface area contributed by atoms with E-state index in [1.54, 1.807) is 4.90 Å². The molecule has 1 aliphatic carbocycles. The molecular weight excluding hydrogens is 510 g/mol. The molecule has 0 spiro atoms. The summed E-state index contributed by atoms with van der Waals surface area (Å²) in [5.74, 6) is 0.367. The molecule has 1 fully saturated rings. The molecule has 1 saturated heterocycles. The SMILES string of the molecule is CC1CC=CC=C1CNC(=O)CCC(=O)N1CC(C)N(S(=O)(=O)c2c(C(C)C)cc(C(C)C)cc2C(C)C)C1. The van der Waals surface area contributed by atoms with Crippen LogP contribution >= 0.6 is 0 Å². The molecule has 1 aromatic rings. The lowest BCUT2D eigenvalue weighted by Gasteiger charge is -2.27. The Labute approximate surface area is 235 Å². The van der Waals surface area contributed by atoms with Gasteiger partial charge in [-0.2, -0.15) is 4.31 Å². The Hall–Kier alpha value is -2.45. The number of nitrogens with one attached hydrogen (secondary N) is 1. The highest BCUT2D eigenvalue weighted by Crippen LogP contribution is 2.38. The Bertz CT molecular complexity index is 1200. The molecule has 39 heavy (non-hydrogen) atoms. The second-order valence-corrected chi connectivity index (χ2v) is 13.9. The fourth-order valence-electron chi connectivity index (χ4n) is 5.26. The van der Waals surface area contributed by atoms with Crippen LogP contribution in [-0.2, 0) is 19.6 Å². The topological polar surface area (TPSA) is 86.8 Å². The van der Waals surface area contributed by atoms with Gasteiger partial charge in [-0.3, -0.25) is 9.59 Å². The van der Waals surface area contributed by atoms with Gasteiger partial charge in [-0.25, -0.2) is 8.42 Å². The first kappa shape index (κ1) is 31.1. The Balaban J connectivity index is 1.73. The fraction of sp³-hybridized carbons (Fsp3) is 0.613. The molecule has 1 aromatic carbocycles. The van der Waals surface area contributed by atoms with Crippen LogP contribution in [0.25, 0.3) is 0 Å². The molecule has 2 amide bonds. The van der Waals surface area contributed by atoms with Gasteiger partial charge in [-0.05, 0) is 59.3 Å². The molecule has 3 rings (SSSR count). The van der Waals surface area contributed by atoms with E-state index in [1.165, 1.54) is 9.88 Å². The minimum Gasteiger partial charge on any atom is -0.352 e. The second-order valence-electron chi connectivity index (χ2n) is 12.1. The van der Waals surface area contributed by atoms with Crippen molar-refractivity contribution in [2.45, 2.75) is 103 Å². The first-order valence-electron chi connectivity index (χ1n) is 14.3. The molecule has 0 saturated carbocycles. The predicted molar refractivity (Wildman–Crippen MR) is 157 cm³/mol. The summed E-state index contributed by atoms with van der Waals surface area (Å²) in [6, 6.07) is 3.72. The zero-order valence-electron chi connectivity index (χ0n) is 25.0. The number of hydrogen-bond donors (Lipinski definition) is 1. The molecule has 0 bridgehead atoms. The van der Waals surface area contributed by atoms with E-state index in [0.29, 0.717) is 23.9 Å². The van der Waals surface area contributed by atoms with Crippen molar-refractivity contribution < 1.29 is 18.0 Å². The highest BCUT2D eigenvalue weighted by molar-refractivity contribution is 7.89. The number of rotatable bonds is 10. The molecule has 2 aliphatic rings. The molecule has 2 unspecified atom stereocenters. The molecule has 0 aromatic heterocycles. The van der Waals surface area contributed by atoms with E-state index < -0.39 is 10.0 Å². The van der Waals surface area contributed by atoms with Crippen LogP contribution in [0.2, 0.25) is 0 Å². The molecule has 1 heterocycles. The summed E-state index contributed by atoms with van der Waals surface area (Å²) in [7, 11) is -3.86. The van der Waals surface area contributed by atoms with Gasteiger partial charge in [0.2, 0.25) is 21.8 Å². The van der Waals surface area contributed by atoms with Gasteiger partial charge in [0.05, 0.1) is 11.6 Å². The number of benzene rings is 1. The summed E-state index contributed by atoms with van der Waals surface area (Å²) in [5, 5.41) is 2.92. The molecule has 0 radical (unpaired) electrons. The van der Waals surface area contributed by atoms with E-state index in [-0.39, 0.29) is 55.1 Å². The Kier molecular flexibility index (Phi) is 10.2. The van der Waals surface area contributed by atoms with Gasteiger partial charge in [0, 0.05) is 32.0 Å². The molecule has 2 atom stereocenters. The molecule has 216 valence electrons. The number of hydrogen-bond acceptors (Lipinski definition) is 4. The number of amides is 2. The van der Waals surface area contributed by atoms with Crippen molar-refractivity contribution in [2.75, 3.05) is 19.8 Å². The van der Waals surface area contributed by atoms with E-state index in [4.69, 9.17) is 0 Å². The van der Waals surface area contributed by atoms with Gasteiger partial charge in [0.25, 0.3) is 0 Å². The third-order valence-electron chi connectivity index (χ3n) is 7.91. The van der Waals surface area contributed by atoms with Crippen LogP contribution in [-0.4, -0.2) is 55.2 Å². The number of allylic oxidation sites excluding steroid dienone is 3. The number of nitrogens with zero attached hydrogens (tertiary/aromatic N) is 2. The Morgan fingerprint density at radius 2 is 1.59 bits per heavy atom. The maximum absolute atomic E-state index is 14.2. The maximum atomic E-state index is 14.2. The monoisotopic (exact) mass is 557 g/mol. The average Bonchev–Trinajstić information content (AvgIpc) is 3.28. The summed E-state index contributed by atoms with van der Waals surface area (Å²) in [4.78, 5) is 27.4. The first-order valence-corrected chi connectivity index (χ1v) is 15.8. The average molecular weight is 558 g/mol. The van der Waals surface area contributed by atoms with E-state index in [9.17, 15) is 18.0 Å². The highest BCUT2D eigenvalue weighted by atomic mass is 32.2. The summed E-state index contributed by atoms with van der Waals surface area (Å²) >= 11 is 0. The van der Waals surface area contributed by atoms with Crippen molar-refractivity contribution >= 4 is 21.8 Å². The minimum atomic E-state index is -3.86. The predicted octanol–water partition coefficient (Wildman–Crippen LogP) is 5.65. The maximum Gasteiger partial charge on any atom is 0.245 e. The molecule has 1 N–H and O–H groups in total. The summed E-state index contributed by atoms with van der Waals surface area (Å²) in [6.07, 6.45) is 7.26. The number of carbonyl (C=O) groups excluding carboxylic acids is 2. The third-order valence-corrected chi connectivity index (χ3v) is 9.99. The van der Waals surface area contributed by atoms with E-state index >= 15 is 0 Å². The fourth-order valence-corrected chi connectivity index (χ4v) is 7.52. The van der Waals surface area contributed by atoms with Gasteiger partial charge >= 0.3 is 0 Å². The zero-order chi connectivity index (χ0) is 29.1. The quantitative estimate of drug-likeness (QED) is 0.403. The molecule has 7 nitrogen and oxygen atoms in total. The van der Waals surface area contributed by atoms with Crippen molar-refractivity contribution in [1.82, 2.24) is 14.5 Å². The van der Waals surface area contributed by atoms with Crippen LogP contribution in [0, 0.1) is 5.92 Å². The summed E-state index contributed by atoms with van der Waals surface area (Å²) < 4.78 is 29.8. The third kappa shape index (κ3) is 7.20. The Morgan fingerprint density at radius 3 is 2.13 bits per heavy atom.